The van der Waals surface area contributed by atoms with E-state index in [1.54, 1.807) is 36.4 Å². The number of carbonyl (C=O) groups is 1. The first kappa shape index (κ1) is 13.7. The van der Waals surface area contributed by atoms with Crippen molar-refractivity contribution in [3.63, 3.8) is 0 Å². The lowest BCUT2D eigenvalue weighted by Gasteiger charge is -2.06. The molecule has 0 aliphatic carbocycles. The molecule has 0 heterocycles. The Bertz CT molecular complexity index is 560. The lowest BCUT2D eigenvalue weighted by Crippen LogP contribution is -1.97. The van der Waals surface area contributed by atoms with Crippen molar-refractivity contribution in [3.05, 3.63) is 69.8 Å². The van der Waals surface area contributed by atoms with Gasteiger partial charge in [0.25, 0.3) is 5.69 Å². The summed E-state index contributed by atoms with van der Waals surface area (Å²) in [6.45, 7) is 1.82. The summed E-state index contributed by atoms with van der Waals surface area (Å²) in [5.74, 6) is 0.653. The Balaban J connectivity index is 1.97. The summed E-state index contributed by atoms with van der Waals surface area (Å²) in [7, 11) is 0. The van der Waals surface area contributed by atoms with E-state index in [1.807, 2.05) is 0 Å². The first-order valence-corrected chi connectivity index (χ1v) is 6.03. The summed E-state index contributed by atoms with van der Waals surface area (Å²) < 4.78 is 5.55. The molecule has 2 aromatic rings. The molecule has 0 bridgehead atoms. The van der Waals surface area contributed by atoms with Crippen LogP contribution in [-0.4, -0.2) is 10.7 Å². The molecule has 0 amide bonds. The van der Waals surface area contributed by atoms with Crippen LogP contribution in [0.2, 0.25) is 0 Å². The average Bonchev–Trinajstić information content (AvgIpc) is 2.46. The summed E-state index contributed by atoms with van der Waals surface area (Å²) in [6, 6.07) is 13.0. The molecule has 0 aromatic heterocycles. The maximum atomic E-state index is 11.1. The highest BCUT2D eigenvalue weighted by atomic mass is 16.6. The fourth-order valence-electron chi connectivity index (χ4n) is 1.67. The van der Waals surface area contributed by atoms with E-state index in [1.165, 1.54) is 19.1 Å². The van der Waals surface area contributed by atoms with Gasteiger partial charge in [0.2, 0.25) is 0 Å². The molecule has 0 radical (unpaired) electrons. The molecule has 0 unspecified atom stereocenters. The molecule has 0 N–H and O–H groups in total. The van der Waals surface area contributed by atoms with Gasteiger partial charge in [0.15, 0.2) is 5.78 Å². The molecule has 0 spiro atoms. The Kier molecular flexibility index (Phi) is 4.10. The number of nitro benzene ring substituents is 1. The molecule has 20 heavy (non-hydrogen) atoms. The minimum absolute atomic E-state index is 0.00641. The summed E-state index contributed by atoms with van der Waals surface area (Å²) in [6.07, 6.45) is 0. The zero-order valence-corrected chi connectivity index (χ0v) is 10.9. The van der Waals surface area contributed by atoms with Crippen LogP contribution in [0.3, 0.4) is 0 Å². The van der Waals surface area contributed by atoms with Crippen molar-refractivity contribution in [2.24, 2.45) is 0 Å². The van der Waals surface area contributed by atoms with Crippen molar-refractivity contribution in [3.8, 4) is 5.75 Å². The number of nitro groups is 1. The highest BCUT2D eigenvalue weighted by molar-refractivity contribution is 5.94. The van der Waals surface area contributed by atoms with E-state index in [9.17, 15) is 14.9 Å². The Morgan fingerprint density at radius 2 is 1.70 bits per heavy atom. The Labute approximate surface area is 116 Å². The molecule has 0 saturated heterocycles. The summed E-state index contributed by atoms with van der Waals surface area (Å²) in [4.78, 5) is 21.2. The number of non-ortho nitro benzene ring substituents is 1. The van der Waals surface area contributed by atoms with Gasteiger partial charge in [-0.25, -0.2) is 0 Å². The molecule has 5 heteroatoms. The number of ether oxygens (including phenoxy) is 1. The zero-order valence-electron chi connectivity index (χ0n) is 10.9. The fraction of sp³-hybridized carbons (Fsp3) is 0.133. The normalized spacial score (nSPS) is 10.1. The van der Waals surface area contributed by atoms with Gasteiger partial charge in [-0.15, -0.1) is 0 Å². The molecule has 5 nitrogen and oxygen atoms in total. The first-order valence-electron chi connectivity index (χ1n) is 6.03. The Morgan fingerprint density at radius 1 is 1.10 bits per heavy atom. The Morgan fingerprint density at radius 3 is 2.20 bits per heavy atom. The van der Waals surface area contributed by atoms with Crippen LogP contribution in [0.5, 0.6) is 5.75 Å². The molecule has 0 atom stereocenters. The van der Waals surface area contributed by atoms with Gasteiger partial charge in [-0.05, 0) is 48.9 Å². The number of rotatable bonds is 5. The van der Waals surface area contributed by atoms with Crippen LogP contribution in [0, 0.1) is 10.1 Å². The third kappa shape index (κ3) is 3.41. The minimum atomic E-state index is -0.439. The van der Waals surface area contributed by atoms with Gasteiger partial charge in [-0.2, -0.15) is 0 Å². The maximum Gasteiger partial charge on any atom is 0.269 e. The predicted octanol–water partition coefficient (Wildman–Crippen LogP) is 3.38. The second-order valence-electron chi connectivity index (χ2n) is 4.29. The van der Waals surface area contributed by atoms with Crippen LogP contribution in [0.25, 0.3) is 0 Å². The lowest BCUT2D eigenvalue weighted by molar-refractivity contribution is -0.384. The largest absolute Gasteiger partial charge is 0.489 e. The zero-order chi connectivity index (χ0) is 14.5. The van der Waals surface area contributed by atoms with Gasteiger partial charge in [0, 0.05) is 17.7 Å². The smallest absolute Gasteiger partial charge is 0.269 e. The highest BCUT2D eigenvalue weighted by Gasteiger charge is 2.04. The molecule has 102 valence electrons. The minimum Gasteiger partial charge on any atom is -0.489 e. The number of nitrogens with zero attached hydrogens (tertiary/aromatic N) is 1. The first-order chi connectivity index (χ1) is 9.56. The summed E-state index contributed by atoms with van der Waals surface area (Å²) in [5.41, 5.74) is 1.53. The number of carbonyl (C=O) groups excluding carboxylic acids is 1. The number of hydrogen-bond acceptors (Lipinski definition) is 4. The van der Waals surface area contributed by atoms with Crippen LogP contribution in [0.15, 0.2) is 48.5 Å². The molecular weight excluding hydrogens is 258 g/mol. The third-order valence-corrected chi connectivity index (χ3v) is 2.81. The van der Waals surface area contributed by atoms with E-state index in [-0.39, 0.29) is 11.5 Å². The molecule has 0 aliphatic heterocycles. The van der Waals surface area contributed by atoms with Crippen LogP contribution in [0.4, 0.5) is 5.69 Å². The van der Waals surface area contributed by atoms with Gasteiger partial charge in [-0.3, -0.25) is 14.9 Å². The molecule has 2 rings (SSSR count). The van der Waals surface area contributed by atoms with Crippen molar-refractivity contribution in [2.45, 2.75) is 13.5 Å². The van der Waals surface area contributed by atoms with Crippen LogP contribution in [-0.2, 0) is 6.61 Å². The molecule has 2 aromatic carbocycles. The Hall–Kier alpha value is -2.69. The number of ketones is 1. The summed E-state index contributed by atoms with van der Waals surface area (Å²) >= 11 is 0. The van der Waals surface area contributed by atoms with Gasteiger partial charge in [0.1, 0.15) is 12.4 Å². The number of hydrogen-bond donors (Lipinski definition) is 0. The summed E-state index contributed by atoms with van der Waals surface area (Å²) in [5, 5.41) is 10.5. The van der Waals surface area contributed by atoms with E-state index in [0.717, 1.165) is 5.56 Å². The van der Waals surface area contributed by atoms with Crippen LogP contribution < -0.4 is 4.74 Å². The van der Waals surface area contributed by atoms with Gasteiger partial charge < -0.3 is 4.74 Å². The topological polar surface area (TPSA) is 69.4 Å². The SMILES string of the molecule is CC(=O)c1ccc(OCc2ccc([N+](=O)[O-])cc2)cc1. The van der Waals surface area contributed by atoms with Gasteiger partial charge in [0.05, 0.1) is 4.92 Å². The highest BCUT2D eigenvalue weighted by Crippen LogP contribution is 2.16. The van der Waals surface area contributed by atoms with E-state index in [2.05, 4.69) is 0 Å². The second kappa shape index (κ2) is 5.97. The number of Topliss-reactive ketones (excluding diaryl/α,β-unsaturated/α-hetero) is 1. The number of benzene rings is 2. The van der Waals surface area contributed by atoms with Crippen molar-refractivity contribution in [1.29, 1.82) is 0 Å². The van der Waals surface area contributed by atoms with E-state index < -0.39 is 4.92 Å². The van der Waals surface area contributed by atoms with Gasteiger partial charge in [-0.1, -0.05) is 0 Å². The van der Waals surface area contributed by atoms with E-state index in [4.69, 9.17) is 4.74 Å². The second-order valence-corrected chi connectivity index (χ2v) is 4.29. The molecule has 0 aliphatic rings. The van der Waals surface area contributed by atoms with Gasteiger partial charge >= 0.3 is 0 Å². The quantitative estimate of drug-likeness (QED) is 0.475. The molecular formula is C15H13NO4. The average molecular weight is 271 g/mol. The maximum absolute atomic E-state index is 11.1. The van der Waals surface area contributed by atoms with Crippen molar-refractivity contribution in [2.75, 3.05) is 0 Å². The predicted molar refractivity (Wildman–Crippen MR) is 73.9 cm³/mol. The van der Waals surface area contributed by atoms with Crippen molar-refractivity contribution in [1.82, 2.24) is 0 Å². The van der Waals surface area contributed by atoms with Crippen LogP contribution >= 0.6 is 0 Å². The van der Waals surface area contributed by atoms with Crippen molar-refractivity contribution < 1.29 is 14.5 Å². The van der Waals surface area contributed by atoms with Crippen LogP contribution in [0.1, 0.15) is 22.8 Å². The third-order valence-electron chi connectivity index (χ3n) is 2.81. The monoisotopic (exact) mass is 271 g/mol. The molecule has 0 fully saturated rings. The van der Waals surface area contributed by atoms with E-state index >= 15 is 0 Å². The lowest BCUT2D eigenvalue weighted by atomic mass is 10.1. The fourth-order valence-corrected chi connectivity index (χ4v) is 1.67. The molecule has 0 saturated carbocycles. The standard InChI is InChI=1S/C15H13NO4/c1-11(17)13-4-8-15(9-5-13)20-10-12-2-6-14(7-3-12)16(18)19/h2-9H,10H2,1H3. The van der Waals surface area contributed by atoms with Crippen molar-refractivity contribution >= 4 is 11.5 Å². The van der Waals surface area contributed by atoms with E-state index in [0.29, 0.717) is 17.9 Å².